The van der Waals surface area contributed by atoms with Crippen molar-refractivity contribution in [2.45, 2.75) is 81.8 Å². The molecule has 10 N–H and O–H groups in total. The highest BCUT2D eigenvalue weighted by Crippen LogP contribution is 2.57. The molecule has 0 radical (unpaired) electrons. The first kappa shape index (κ1) is 46.2. The lowest BCUT2D eigenvalue weighted by Crippen LogP contribution is -2.30. The number of aromatic nitrogens is 10. The maximum absolute atomic E-state index is 13.8. The lowest BCUT2D eigenvalue weighted by Gasteiger charge is -2.26. The molecule has 63 heavy (non-hydrogen) atoms. The van der Waals surface area contributed by atoms with Crippen LogP contribution >= 0.6 is 32.5 Å². The zero-order chi connectivity index (χ0) is 45.0. The van der Waals surface area contributed by atoms with Crippen molar-refractivity contribution in [3.05, 3.63) is 51.6 Å². The largest absolute Gasteiger partial charge is 0.386 e. The molecule has 5 aromatic rings. The van der Waals surface area contributed by atoms with Crippen LogP contribution < -0.4 is 28.5 Å². The third-order valence-electron chi connectivity index (χ3n) is 10.2. The summed E-state index contributed by atoms with van der Waals surface area (Å²) in [6.45, 7) is -12.2. The maximum Gasteiger partial charge on any atom is 0.386 e. The Morgan fingerprint density at radius 1 is 0.810 bits per heavy atom. The SMILES string of the molecule is Cc1cn(C2C[C@@H](OP(O)(=S)OC[C@H]3O[C@@H](n4cnc5c(N)ncnc54)C[C@H]3OP(=O)(S)OC[C@@H]3CCC(n4cnc5c(=O)[nH]c(N)nc54)O3)[C@@H](COP(O)(O)=S)O2)c(=O)nc1N. The quantitative estimate of drug-likeness (QED) is 0.0501. The summed E-state index contributed by atoms with van der Waals surface area (Å²) in [6, 6.07) is 0. The van der Waals surface area contributed by atoms with Gasteiger partial charge in [0.1, 0.15) is 54.7 Å². The Morgan fingerprint density at radius 2 is 1.46 bits per heavy atom. The number of ether oxygens (including phenoxy) is 3. The van der Waals surface area contributed by atoms with Gasteiger partial charge < -0.3 is 59.7 Å². The van der Waals surface area contributed by atoms with Crippen molar-refractivity contribution in [3.63, 3.8) is 0 Å². The maximum atomic E-state index is 13.8. The molecular weight excluding hydrogens is 956 g/mol. The molecule has 0 spiro atoms. The minimum absolute atomic E-state index is 0.00698. The number of anilines is 3. The molecule has 3 aliphatic heterocycles. The molecule has 8 rings (SSSR count). The van der Waals surface area contributed by atoms with Gasteiger partial charge in [-0.05, 0) is 43.4 Å². The summed E-state index contributed by atoms with van der Waals surface area (Å²) in [4.78, 5) is 82.9. The Morgan fingerprint density at radius 3 is 2.17 bits per heavy atom. The van der Waals surface area contributed by atoms with Crippen molar-refractivity contribution < 1.29 is 56.1 Å². The summed E-state index contributed by atoms with van der Waals surface area (Å²) in [5, 5.41) is 0. The van der Waals surface area contributed by atoms with Crippen LogP contribution in [0.25, 0.3) is 22.3 Å². The standard InChI is InChI=1S/C30H40N13O14P3S3/c1-13-6-41(30(45)38-24(13)31)20-4-15(17(54-20)8-50-58(46,47)61)57-60(49,63)52-9-18-16(5-21(55-18)43-11-36-22-25(32)34-10-35-26(22)43)56-59(48,62)51-7-14-2-3-19(53-14)42-12-37-23-27(42)39-29(33)40-28(23)44/h6,10-12,14-21H,2-5,7-9H2,1H3,(H,48,62)(H,49,63)(H2,31,38,45)(H2,32,34,35)(H2,46,47,61)(H3,33,39,40,44)/t14-,15+,16+,17+,18+,19?,20?,21+,59?,60?/m0/s1. The molecule has 0 aliphatic carbocycles. The molecule has 0 saturated carbocycles. The van der Waals surface area contributed by atoms with E-state index in [0.717, 1.165) is 4.57 Å². The number of nitrogen functional groups attached to an aromatic ring is 3. The van der Waals surface area contributed by atoms with Crippen molar-refractivity contribution in [2.75, 3.05) is 37.0 Å². The zero-order valence-corrected chi connectivity index (χ0v) is 37.8. The van der Waals surface area contributed by atoms with Crippen molar-refractivity contribution in [3.8, 4) is 0 Å². The second-order valence-electron chi connectivity index (χ2n) is 14.5. The molecule has 0 bridgehead atoms. The number of imidazole rings is 2. The lowest BCUT2D eigenvalue weighted by molar-refractivity contribution is -0.0497. The molecule has 4 unspecified atom stereocenters. The van der Waals surface area contributed by atoms with Crippen LogP contribution in [0.5, 0.6) is 0 Å². The molecule has 3 aliphatic rings. The van der Waals surface area contributed by atoms with Gasteiger partial charge in [0.05, 0.1) is 44.7 Å². The van der Waals surface area contributed by atoms with E-state index < -0.39 is 93.9 Å². The third kappa shape index (κ3) is 10.5. The second-order valence-corrected chi connectivity index (χ2v) is 22.8. The number of H-pyrrole nitrogens is 1. The smallest absolute Gasteiger partial charge is 0.383 e. The highest BCUT2D eigenvalue weighted by atomic mass is 32.7. The summed E-state index contributed by atoms with van der Waals surface area (Å²) in [6.07, 6.45) is -1.19. The van der Waals surface area contributed by atoms with Gasteiger partial charge in [0.15, 0.2) is 22.6 Å². The van der Waals surface area contributed by atoms with Crippen LogP contribution in [0.1, 0.15) is 49.9 Å². The number of aryl methyl sites for hydroxylation is 1. The summed E-state index contributed by atoms with van der Waals surface area (Å²) < 4.78 is 64.9. The molecule has 10 atom stereocenters. The highest BCUT2D eigenvalue weighted by Gasteiger charge is 2.45. The van der Waals surface area contributed by atoms with Gasteiger partial charge in [-0.2, -0.15) is 9.97 Å². The lowest BCUT2D eigenvalue weighted by atomic mass is 10.2. The fourth-order valence-electron chi connectivity index (χ4n) is 7.22. The van der Waals surface area contributed by atoms with Gasteiger partial charge in [-0.25, -0.2) is 29.3 Å². The minimum atomic E-state index is -4.25. The van der Waals surface area contributed by atoms with Crippen molar-refractivity contribution in [1.82, 2.24) is 48.6 Å². The number of fused-ring (bicyclic) bond motifs is 2. The van der Waals surface area contributed by atoms with Gasteiger partial charge in [0, 0.05) is 24.6 Å². The summed E-state index contributed by atoms with van der Waals surface area (Å²) in [5.41, 5.74) is 17.7. The van der Waals surface area contributed by atoms with Gasteiger partial charge in [-0.15, -0.1) is 0 Å². The van der Waals surface area contributed by atoms with E-state index in [1.54, 1.807) is 16.1 Å². The Hall–Kier alpha value is -3.38. The molecule has 8 heterocycles. The first-order chi connectivity index (χ1) is 29.7. The summed E-state index contributed by atoms with van der Waals surface area (Å²) in [7, 11) is 0. The molecule has 33 heteroatoms. The average molecular weight is 996 g/mol. The van der Waals surface area contributed by atoms with Gasteiger partial charge in [0.25, 0.3) is 5.56 Å². The Kier molecular flexibility index (Phi) is 13.3. The van der Waals surface area contributed by atoms with Crippen LogP contribution in [0, 0.1) is 6.92 Å². The highest BCUT2D eigenvalue weighted by molar-refractivity contribution is 8.44. The topological polar surface area (TPSA) is 372 Å². The normalized spacial score (nSPS) is 27.3. The average Bonchev–Trinajstić information content (AvgIpc) is 4.04. The number of nitrogens with zero attached hydrogens (tertiary/aromatic N) is 9. The minimum Gasteiger partial charge on any atom is -0.383 e. The number of nitrogens with one attached hydrogen (secondary N) is 1. The third-order valence-corrected chi connectivity index (χ3v) is 14.2. The van der Waals surface area contributed by atoms with Crippen molar-refractivity contribution in [2.24, 2.45) is 0 Å². The van der Waals surface area contributed by atoms with Gasteiger partial charge in [0.2, 0.25) is 5.95 Å². The predicted molar refractivity (Wildman–Crippen MR) is 230 cm³/mol. The van der Waals surface area contributed by atoms with E-state index in [9.17, 15) is 28.8 Å². The number of nitrogens with two attached hydrogens (primary N) is 3. The summed E-state index contributed by atoms with van der Waals surface area (Å²) in [5.74, 6) is 0.0514. The van der Waals surface area contributed by atoms with E-state index in [4.69, 9.17) is 65.8 Å². The fourth-order valence-corrected chi connectivity index (χ4v) is 10.8. The molecule has 3 fully saturated rings. The van der Waals surface area contributed by atoms with Crippen LogP contribution in [0.4, 0.5) is 17.6 Å². The van der Waals surface area contributed by atoms with Crippen LogP contribution in [0.3, 0.4) is 0 Å². The van der Waals surface area contributed by atoms with Gasteiger partial charge in [-0.1, -0.05) is 12.2 Å². The molecule has 0 aromatic carbocycles. The Labute approximate surface area is 369 Å². The van der Waals surface area contributed by atoms with Gasteiger partial charge >= 0.3 is 25.9 Å². The molecule has 3 saturated heterocycles. The summed E-state index contributed by atoms with van der Waals surface area (Å²) >= 11 is 14.2. The van der Waals surface area contributed by atoms with Crippen LogP contribution in [0.2, 0.25) is 0 Å². The van der Waals surface area contributed by atoms with Crippen molar-refractivity contribution in [1.29, 1.82) is 0 Å². The fraction of sp³-hybridized carbons (Fsp3) is 0.533. The van der Waals surface area contributed by atoms with Crippen LogP contribution in [-0.2, 0) is 65.0 Å². The van der Waals surface area contributed by atoms with E-state index in [1.165, 1.54) is 25.2 Å². The molecule has 0 amide bonds. The zero-order valence-electron chi connectivity index (χ0n) is 32.6. The Bertz CT molecular complexity index is 2790. The first-order valence-electron chi connectivity index (χ1n) is 18.7. The van der Waals surface area contributed by atoms with E-state index in [-0.39, 0.29) is 48.2 Å². The van der Waals surface area contributed by atoms with Crippen LogP contribution in [0.15, 0.2) is 34.8 Å². The number of aromatic amines is 1. The molecular formula is C30H40N13O14P3S3. The predicted octanol–water partition coefficient (Wildman–Crippen LogP) is 0.808. The van der Waals surface area contributed by atoms with E-state index >= 15 is 0 Å². The first-order valence-corrected chi connectivity index (χ1v) is 26.6. The number of rotatable bonds is 16. The Balaban J connectivity index is 0.954. The number of thiol groups is 1. The van der Waals surface area contributed by atoms with E-state index in [0.29, 0.717) is 29.6 Å². The number of hydrogen-bond donors (Lipinski definition) is 8. The number of hydrogen-bond acceptors (Lipinski definition) is 22. The molecule has 27 nitrogen and oxygen atoms in total. The molecule has 342 valence electrons. The van der Waals surface area contributed by atoms with E-state index in [1.807, 2.05) is 0 Å². The van der Waals surface area contributed by atoms with Crippen molar-refractivity contribution >= 4 is 96.0 Å². The van der Waals surface area contributed by atoms with Gasteiger partial charge in [-0.3, -0.25) is 32.5 Å². The van der Waals surface area contributed by atoms with E-state index in [2.05, 4.69) is 58.9 Å². The molecule has 5 aromatic heterocycles. The monoisotopic (exact) mass is 995 g/mol. The second kappa shape index (κ2) is 18.1. The van der Waals surface area contributed by atoms with Crippen LogP contribution in [-0.4, -0.2) is 114 Å².